The zero-order chi connectivity index (χ0) is 15.9. The average molecular weight is 300 g/mol. The third-order valence-electron chi connectivity index (χ3n) is 3.75. The number of hydrazine groups is 2. The van der Waals surface area contributed by atoms with E-state index in [1.165, 1.54) is 38.5 Å². The maximum atomic E-state index is 12.6. The van der Waals surface area contributed by atoms with Crippen LogP contribution < -0.4 is 10.9 Å². The molecule has 1 atom stereocenters. The van der Waals surface area contributed by atoms with Crippen LogP contribution >= 0.6 is 0 Å². The van der Waals surface area contributed by atoms with Gasteiger partial charge in [0.15, 0.2) is 0 Å². The van der Waals surface area contributed by atoms with Crippen LogP contribution in [0.15, 0.2) is 0 Å². The quantitative estimate of drug-likeness (QED) is 0.376. The average Bonchev–Trinajstić information content (AvgIpc) is 2.48. The third-order valence-corrected chi connectivity index (χ3v) is 3.75. The largest absolute Gasteiger partial charge is 0.272 e. The second kappa shape index (κ2) is 14.3. The summed E-state index contributed by atoms with van der Waals surface area (Å²) in [4.78, 5) is 12.6. The van der Waals surface area contributed by atoms with E-state index in [2.05, 4.69) is 24.7 Å². The molecule has 0 fully saturated rings. The summed E-state index contributed by atoms with van der Waals surface area (Å²) < 4.78 is 0. The Hall–Kier alpha value is -0.610. The Kier molecular flexibility index (Phi) is 13.9. The molecule has 0 aromatic heterocycles. The van der Waals surface area contributed by atoms with Gasteiger partial charge in [-0.15, -0.1) is 0 Å². The van der Waals surface area contributed by atoms with Crippen LogP contribution in [0.5, 0.6) is 0 Å². The van der Waals surface area contributed by atoms with Crippen molar-refractivity contribution in [3.8, 4) is 0 Å². The minimum absolute atomic E-state index is 0.152. The lowest BCUT2D eigenvalue weighted by molar-refractivity contribution is -0.143. The van der Waals surface area contributed by atoms with Crippen LogP contribution in [0, 0.1) is 5.92 Å². The highest BCUT2D eigenvalue weighted by Gasteiger charge is 2.22. The van der Waals surface area contributed by atoms with Gasteiger partial charge in [0.05, 0.1) is 0 Å². The van der Waals surface area contributed by atoms with Crippen molar-refractivity contribution in [1.82, 2.24) is 16.0 Å². The van der Waals surface area contributed by atoms with Crippen LogP contribution in [0.4, 0.5) is 0 Å². The van der Waals surface area contributed by atoms with Gasteiger partial charge in [0.1, 0.15) is 0 Å². The van der Waals surface area contributed by atoms with E-state index >= 15 is 0 Å². The molecule has 2 N–H and O–H groups in total. The summed E-state index contributed by atoms with van der Waals surface area (Å²) in [6, 6.07) is 0. The molecule has 0 aliphatic carbocycles. The molecule has 0 saturated carbocycles. The van der Waals surface area contributed by atoms with Crippen LogP contribution in [0.2, 0.25) is 0 Å². The summed E-state index contributed by atoms with van der Waals surface area (Å²) in [6.45, 7) is 9.95. The molecule has 0 rings (SSSR count). The van der Waals surface area contributed by atoms with Crippen molar-refractivity contribution in [2.45, 2.75) is 85.5 Å². The van der Waals surface area contributed by atoms with Crippen molar-refractivity contribution in [1.29, 1.82) is 0 Å². The molecule has 0 radical (unpaired) electrons. The first-order chi connectivity index (χ1) is 10.2. The summed E-state index contributed by atoms with van der Waals surface area (Å²) in [5.41, 5.74) is 6.23. The SMILES string of the molecule is CCCCCCCCC(CCC)C(=O)N(NCC)NCC. The molecule has 21 heavy (non-hydrogen) atoms. The van der Waals surface area contributed by atoms with Crippen LogP contribution in [0.25, 0.3) is 0 Å². The molecule has 0 aromatic carbocycles. The number of hydrogen-bond donors (Lipinski definition) is 2. The normalized spacial score (nSPS) is 12.4. The molecule has 0 bridgehead atoms. The number of carbonyl (C=O) groups is 1. The van der Waals surface area contributed by atoms with Crippen molar-refractivity contribution in [3.05, 3.63) is 0 Å². The van der Waals surface area contributed by atoms with Crippen molar-refractivity contribution in [2.24, 2.45) is 5.92 Å². The fraction of sp³-hybridized carbons (Fsp3) is 0.941. The first-order valence-corrected chi connectivity index (χ1v) is 9.02. The lowest BCUT2D eigenvalue weighted by Gasteiger charge is -2.27. The highest BCUT2D eigenvalue weighted by Crippen LogP contribution is 2.18. The number of amides is 1. The molecule has 0 saturated heterocycles. The van der Waals surface area contributed by atoms with Crippen molar-refractivity contribution >= 4 is 5.91 Å². The fourth-order valence-corrected chi connectivity index (χ4v) is 2.62. The monoisotopic (exact) mass is 299 g/mol. The van der Waals surface area contributed by atoms with E-state index < -0.39 is 0 Å². The van der Waals surface area contributed by atoms with Gasteiger partial charge in [-0.1, -0.05) is 72.6 Å². The van der Waals surface area contributed by atoms with E-state index in [1.807, 2.05) is 13.8 Å². The van der Waals surface area contributed by atoms with E-state index in [9.17, 15) is 4.79 Å². The summed E-state index contributed by atoms with van der Waals surface area (Å²) in [6.07, 6.45) is 10.8. The number of unbranched alkanes of at least 4 members (excludes halogenated alkanes) is 5. The van der Waals surface area contributed by atoms with E-state index in [1.54, 1.807) is 5.12 Å². The number of nitrogens with one attached hydrogen (secondary N) is 2. The summed E-state index contributed by atoms with van der Waals surface area (Å²) in [5.74, 6) is 0.355. The first-order valence-electron chi connectivity index (χ1n) is 9.02. The fourth-order valence-electron chi connectivity index (χ4n) is 2.62. The molecule has 0 spiro atoms. The molecular weight excluding hydrogens is 262 g/mol. The van der Waals surface area contributed by atoms with Gasteiger partial charge >= 0.3 is 0 Å². The predicted octanol–water partition coefficient (Wildman–Crippen LogP) is 4.03. The second-order valence-corrected chi connectivity index (χ2v) is 5.74. The van der Waals surface area contributed by atoms with Crippen molar-refractivity contribution in [2.75, 3.05) is 13.1 Å². The van der Waals surface area contributed by atoms with Crippen LogP contribution in [0.3, 0.4) is 0 Å². The van der Waals surface area contributed by atoms with E-state index in [0.717, 1.165) is 32.4 Å². The topological polar surface area (TPSA) is 44.4 Å². The second-order valence-electron chi connectivity index (χ2n) is 5.74. The molecule has 1 amide bonds. The number of hydrogen-bond acceptors (Lipinski definition) is 3. The first kappa shape index (κ1) is 20.4. The summed E-state index contributed by atoms with van der Waals surface area (Å²) in [7, 11) is 0. The minimum atomic E-state index is 0.152. The van der Waals surface area contributed by atoms with Crippen LogP contribution in [-0.2, 0) is 4.79 Å². The molecule has 0 aromatic rings. The van der Waals surface area contributed by atoms with E-state index in [0.29, 0.717) is 0 Å². The Morgan fingerprint density at radius 2 is 1.38 bits per heavy atom. The molecular formula is C17H37N3O. The Balaban J connectivity index is 4.20. The highest BCUT2D eigenvalue weighted by atomic mass is 16.2. The Bertz CT molecular complexity index is 240. The van der Waals surface area contributed by atoms with Gasteiger partial charge in [0.25, 0.3) is 5.91 Å². The van der Waals surface area contributed by atoms with Gasteiger partial charge in [-0.2, -0.15) is 0 Å². The molecule has 0 heterocycles. The minimum Gasteiger partial charge on any atom is -0.272 e. The number of rotatable bonds is 14. The lowest BCUT2D eigenvalue weighted by atomic mass is 9.95. The van der Waals surface area contributed by atoms with Gasteiger partial charge in [0, 0.05) is 19.0 Å². The Morgan fingerprint density at radius 1 is 0.810 bits per heavy atom. The van der Waals surface area contributed by atoms with Crippen LogP contribution in [-0.4, -0.2) is 24.1 Å². The van der Waals surface area contributed by atoms with Gasteiger partial charge in [-0.3, -0.25) is 4.79 Å². The zero-order valence-corrected chi connectivity index (χ0v) is 14.7. The molecule has 1 unspecified atom stereocenters. The van der Waals surface area contributed by atoms with E-state index in [-0.39, 0.29) is 11.8 Å². The van der Waals surface area contributed by atoms with Gasteiger partial charge in [-0.25, -0.2) is 16.0 Å². The molecule has 0 aliphatic rings. The summed E-state index contributed by atoms with van der Waals surface area (Å²) in [5, 5.41) is 1.61. The maximum Gasteiger partial charge on any atom is 0.254 e. The number of carbonyl (C=O) groups excluding carboxylic acids is 1. The van der Waals surface area contributed by atoms with Gasteiger partial charge in [0.2, 0.25) is 0 Å². The predicted molar refractivity (Wildman–Crippen MR) is 90.6 cm³/mol. The smallest absolute Gasteiger partial charge is 0.254 e. The van der Waals surface area contributed by atoms with Crippen molar-refractivity contribution < 1.29 is 4.79 Å². The van der Waals surface area contributed by atoms with Crippen LogP contribution in [0.1, 0.15) is 85.5 Å². The zero-order valence-electron chi connectivity index (χ0n) is 14.7. The molecule has 4 heteroatoms. The maximum absolute atomic E-state index is 12.6. The third kappa shape index (κ3) is 9.86. The highest BCUT2D eigenvalue weighted by molar-refractivity contribution is 5.77. The van der Waals surface area contributed by atoms with Gasteiger partial charge < -0.3 is 0 Å². The molecule has 126 valence electrons. The standard InChI is InChI=1S/C17H37N3O/c1-5-9-10-11-12-13-15-16(14-6-2)17(21)20(18-7-3)19-8-4/h16,18-19H,5-15H2,1-4H3. The molecule has 4 nitrogen and oxygen atoms in total. The number of nitrogens with zero attached hydrogens (tertiary/aromatic N) is 1. The molecule has 0 aliphatic heterocycles. The summed E-state index contributed by atoms with van der Waals surface area (Å²) >= 11 is 0. The van der Waals surface area contributed by atoms with Crippen molar-refractivity contribution in [3.63, 3.8) is 0 Å². The Labute approximate surface area is 132 Å². The lowest BCUT2D eigenvalue weighted by Crippen LogP contribution is -2.53. The van der Waals surface area contributed by atoms with Gasteiger partial charge in [-0.05, 0) is 12.8 Å². The van der Waals surface area contributed by atoms with E-state index in [4.69, 9.17) is 0 Å². The Morgan fingerprint density at radius 3 is 1.90 bits per heavy atom.